The highest BCUT2D eigenvalue weighted by Gasteiger charge is 2.38. The zero-order valence-corrected chi connectivity index (χ0v) is 11.6. The minimum Gasteiger partial charge on any atom is -0.375 e. The number of rotatable bonds is 2. The molecule has 0 aromatic rings. The molecule has 1 aliphatic carbocycles. The fourth-order valence-corrected chi connectivity index (χ4v) is 3.96. The van der Waals surface area contributed by atoms with Gasteiger partial charge in [0.15, 0.2) is 0 Å². The molecule has 1 spiro atoms. The van der Waals surface area contributed by atoms with Gasteiger partial charge in [-0.15, -0.1) is 0 Å². The maximum atomic E-state index is 6.17. The zero-order chi connectivity index (χ0) is 12.3. The van der Waals surface area contributed by atoms with Gasteiger partial charge in [0.25, 0.3) is 0 Å². The van der Waals surface area contributed by atoms with Crippen LogP contribution in [0, 0.1) is 0 Å². The molecule has 2 aliphatic heterocycles. The molecule has 18 heavy (non-hydrogen) atoms. The maximum absolute atomic E-state index is 6.17. The molecule has 1 atom stereocenters. The molecule has 0 radical (unpaired) electrons. The summed E-state index contributed by atoms with van der Waals surface area (Å²) in [6.45, 7) is 3.44. The molecule has 2 saturated heterocycles. The maximum Gasteiger partial charge on any atom is 0.0697 e. The van der Waals surface area contributed by atoms with E-state index < -0.39 is 0 Å². The molecule has 1 N–H and O–H groups in total. The van der Waals surface area contributed by atoms with Gasteiger partial charge < -0.3 is 4.74 Å². The Bertz CT molecular complexity index is 252. The summed E-state index contributed by atoms with van der Waals surface area (Å²) >= 11 is 0. The van der Waals surface area contributed by atoms with E-state index in [1.54, 1.807) is 0 Å². The number of nitrogens with zero attached hydrogens (tertiary/aromatic N) is 1. The molecule has 3 heteroatoms. The van der Waals surface area contributed by atoms with Crippen LogP contribution < -0.4 is 5.43 Å². The van der Waals surface area contributed by atoms with E-state index in [-0.39, 0.29) is 5.60 Å². The highest BCUT2D eigenvalue weighted by atomic mass is 16.5. The smallest absolute Gasteiger partial charge is 0.0697 e. The van der Waals surface area contributed by atoms with Crippen LogP contribution in [0.25, 0.3) is 0 Å². The van der Waals surface area contributed by atoms with Crippen molar-refractivity contribution in [1.82, 2.24) is 10.4 Å². The topological polar surface area (TPSA) is 24.5 Å². The van der Waals surface area contributed by atoms with E-state index in [1.807, 2.05) is 0 Å². The molecule has 1 saturated carbocycles. The quantitative estimate of drug-likeness (QED) is 0.818. The summed E-state index contributed by atoms with van der Waals surface area (Å²) < 4.78 is 6.17. The monoisotopic (exact) mass is 252 g/mol. The second-order valence-corrected chi connectivity index (χ2v) is 6.46. The van der Waals surface area contributed by atoms with Gasteiger partial charge in [-0.05, 0) is 38.5 Å². The van der Waals surface area contributed by atoms with Crippen LogP contribution in [0.4, 0.5) is 0 Å². The Balaban J connectivity index is 1.52. The molecule has 3 rings (SSSR count). The average Bonchev–Trinajstić information content (AvgIpc) is 2.41. The fraction of sp³-hybridized carbons (Fsp3) is 1.00. The average molecular weight is 252 g/mol. The Kier molecular flexibility index (Phi) is 4.22. The summed E-state index contributed by atoms with van der Waals surface area (Å²) in [5.74, 6) is 0. The first-order valence-corrected chi connectivity index (χ1v) is 8.01. The third-order valence-corrected chi connectivity index (χ3v) is 4.98. The van der Waals surface area contributed by atoms with Gasteiger partial charge in [-0.3, -0.25) is 5.43 Å². The Morgan fingerprint density at radius 2 is 1.67 bits per heavy atom. The second kappa shape index (κ2) is 5.89. The second-order valence-electron chi connectivity index (χ2n) is 6.46. The van der Waals surface area contributed by atoms with Gasteiger partial charge in [0, 0.05) is 25.7 Å². The molecule has 104 valence electrons. The van der Waals surface area contributed by atoms with Gasteiger partial charge in [-0.2, -0.15) is 0 Å². The van der Waals surface area contributed by atoms with Gasteiger partial charge >= 0.3 is 0 Å². The minimum absolute atomic E-state index is 0.240. The number of nitrogens with one attached hydrogen (secondary N) is 1. The first-order valence-electron chi connectivity index (χ1n) is 8.01. The lowest BCUT2D eigenvalue weighted by molar-refractivity contribution is -0.116. The number of hydrazine groups is 1. The van der Waals surface area contributed by atoms with Crippen molar-refractivity contribution >= 4 is 0 Å². The number of hydrogen-bond donors (Lipinski definition) is 1. The molecule has 2 heterocycles. The van der Waals surface area contributed by atoms with Gasteiger partial charge in [0.05, 0.1) is 5.60 Å². The largest absolute Gasteiger partial charge is 0.375 e. The molecule has 0 bridgehead atoms. The van der Waals surface area contributed by atoms with E-state index in [9.17, 15) is 0 Å². The molecular formula is C15H28N2O. The van der Waals surface area contributed by atoms with Crippen LogP contribution in [0.3, 0.4) is 0 Å². The van der Waals surface area contributed by atoms with Crippen molar-refractivity contribution in [2.24, 2.45) is 0 Å². The van der Waals surface area contributed by atoms with Gasteiger partial charge in [0.1, 0.15) is 0 Å². The standard InChI is InChI=1S/C15H28N2O/c1-3-8-15(9-4-1)13-14(7-12-18-15)16-17-10-5-2-6-11-17/h14,16H,1-13H2. The van der Waals surface area contributed by atoms with Crippen molar-refractivity contribution in [2.45, 2.75) is 75.9 Å². The van der Waals surface area contributed by atoms with E-state index in [1.165, 1.54) is 77.3 Å². The van der Waals surface area contributed by atoms with E-state index >= 15 is 0 Å². The minimum atomic E-state index is 0.240. The van der Waals surface area contributed by atoms with Crippen molar-refractivity contribution in [1.29, 1.82) is 0 Å². The molecule has 0 amide bonds. The first-order chi connectivity index (χ1) is 8.86. The lowest BCUT2D eigenvalue weighted by atomic mass is 9.78. The Labute approximate surface area is 111 Å². The highest BCUT2D eigenvalue weighted by Crippen LogP contribution is 2.38. The van der Waals surface area contributed by atoms with Crippen molar-refractivity contribution in [3.8, 4) is 0 Å². The van der Waals surface area contributed by atoms with Crippen molar-refractivity contribution in [3.05, 3.63) is 0 Å². The summed E-state index contributed by atoms with van der Waals surface area (Å²) in [6.07, 6.45) is 13.3. The van der Waals surface area contributed by atoms with Gasteiger partial charge in [-0.25, -0.2) is 5.01 Å². The predicted molar refractivity (Wildman–Crippen MR) is 73.3 cm³/mol. The van der Waals surface area contributed by atoms with E-state index in [0.29, 0.717) is 6.04 Å². The Morgan fingerprint density at radius 1 is 0.944 bits per heavy atom. The molecule has 3 fully saturated rings. The lowest BCUT2D eigenvalue weighted by Gasteiger charge is -2.45. The van der Waals surface area contributed by atoms with Crippen LogP contribution in [0.5, 0.6) is 0 Å². The third-order valence-electron chi connectivity index (χ3n) is 4.98. The molecule has 3 aliphatic rings. The number of piperidine rings is 1. The Hall–Kier alpha value is -0.120. The number of ether oxygens (including phenoxy) is 1. The first kappa shape index (κ1) is 12.9. The van der Waals surface area contributed by atoms with E-state index in [0.717, 1.165) is 6.61 Å². The summed E-state index contributed by atoms with van der Waals surface area (Å²) in [6, 6.07) is 0.662. The van der Waals surface area contributed by atoms with Crippen molar-refractivity contribution in [2.75, 3.05) is 19.7 Å². The number of hydrogen-bond acceptors (Lipinski definition) is 3. The van der Waals surface area contributed by atoms with Gasteiger partial charge in [0.2, 0.25) is 0 Å². The molecule has 0 aromatic heterocycles. The zero-order valence-electron chi connectivity index (χ0n) is 11.6. The lowest BCUT2D eigenvalue weighted by Crippen LogP contribution is -2.54. The normalized spacial score (nSPS) is 33.7. The summed E-state index contributed by atoms with van der Waals surface area (Å²) in [5, 5.41) is 2.47. The van der Waals surface area contributed by atoms with Crippen LogP contribution in [-0.2, 0) is 4.74 Å². The van der Waals surface area contributed by atoms with Crippen LogP contribution in [-0.4, -0.2) is 36.3 Å². The summed E-state index contributed by atoms with van der Waals surface area (Å²) in [4.78, 5) is 0. The Morgan fingerprint density at radius 3 is 2.44 bits per heavy atom. The highest BCUT2D eigenvalue weighted by molar-refractivity contribution is 4.91. The van der Waals surface area contributed by atoms with Crippen LogP contribution in [0.1, 0.15) is 64.2 Å². The summed E-state index contributed by atoms with van der Waals surface area (Å²) in [5.41, 5.74) is 4.02. The molecule has 1 unspecified atom stereocenters. The van der Waals surface area contributed by atoms with Crippen LogP contribution in [0.15, 0.2) is 0 Å². The molecular weight excluding hydrogens is 224 g/mol. The molecule has 3 nitrogen and oxygen atoms in total. The van der Waals surface area contributed by atoms with Crippen molar-refractivity contribution in [3.63, 3.8) is 0 Å². The van der Waals surface area contributed by atoms with E-state index in [2.05, 4.69) is 10.4 Å². The fourth-order valence-electron chi connectivity index (χ4n) is 3.96. The van der Waals surface area contributed by atoms with Crippen LogP contribution in [0.2, 0.25) is 0 Å². The van der Waals surface area contributed by atoms with Crippen LogP contribution >= 0.6 is 0 Å². The predicted octanol–water partition coefficient (Wildman–Crippen LogP) is 2.86. The van der Waals surface area contributed by atoms with Gasteiger partial charge in [-0.1, -0.05) is 25.7 Å². The SMILES string of the molecule is C1CCN(NC2CCOC3(CCCCC3)C2)CC1. The van der Waals surface area contributed by atoms with Crippen molar-refractivity contribution < 1.29 is 4.74 Å². The van der Waals surface area contributed by atoms with E-state index in [4.69, 9.17) is 4.74 Å². The third kappa shape index (κ3) is 3.06. The molecule has 0 aromatic carbocycles. The summed E-state index contributed by atoms with van der Waals surface area (Å²) in [7, 11) is 0.